The van der Waals surface area contributed by atoms with E-state index in [0.29, 0.717) is 30.5 Å². The first kappa shape index (κ1) is 17.9. The number of halogens is 4. The lowest BCUT2D eigenvalue weighted by Crippen LogP contribution is -2.34. The molecule has 0 bridgehead atoms. The standard InChI is InChI=1S/C16H19F4N3O2/c17-15(18)16(19,20)8-25-13-4-2-9(5-22-13)14(24)23-6-10-1-3-12(21)11(10)7-23/h2,4-5,10-12,15H,1,3,6-8,21H2. The number of carbonyl (C=O) groups is 1. The van der Waals surface area contributed by atoms with Gasteiger partial charge in [0.2, 0.25) is 5.88 Å². The molecule has 1 aliphatic carbocycles. The second-order valence-electron chi connectivity index (χ2n) is 6.61. The molecule has 138 valence electrons. The Morgan fingerprint density at radius 3 is 2.72 bits per heavy atom. The molecule has 3 unspecified atom stereocenters. The van der Waals surface area contributed by atoms with E-state index in [0.717, 1.165) is 12.8 Å². The highest BCUT2D eigenvalue weighted by Crippen LogP contribution is 2.37. The van der Waals surface area contributed by atoms with Gasteiger partial charge >= 0.3 is 12.3 Å². The SMILES string of the molecule is NC1CCC2CN(C(=O)c3ccc(OCC(F)(F)C(F)F)nc3)CC12. The predicted octanol–water partition coefficient (Wildman–Crippen LogP) is 2.17. The van der Waals surface area contributed by atoms with E-state index < -0.39 is 19.0 Å². The van der Waals surface area contributed by atoms with Crippen molar-refractivity contribution in [3.63, 3.8) is 0 Å². The maximum absolute atomic E-state index is 12.8. The van der Waals surface area contributed by atoms with Crippen LogP contribution in [0.2, 0.25) is 0 Å². The number of likely N-dealkylation sites (tertiary alicyclic amines) is 1. The van der Waals surface area contributed by atoms with E-state index in [2.05, 4.69) is 9.72 Å². The molecule has 2 aliphatic rings. The van der Waals surface area contributed by atoms with Gasteiger partial charge in [-0.1, -0.05) is 0 Å². The minimum Gasteiger partial charge on any atom is -0.471 e. The average molecular weight is 361 g/mol. The molecule has 1 aromatic heterocycles. The molecule has 1 saturated carbocycles. The van der Waals surface area contributed by atoms with E-state index in [9.17, 15) is 22.4 Å². The number of fused-ring (bicyclic) bond motifs is 1. The summed E-state index contributed by atoms with van der Waals surface area (Å²) in [5.74, 6) is -3.96. The predicted molar refractivity (Wildman–Crippen MR) is 80.8 cm³/mol. The van der Waals surface area contributed by atoms with Crippen molar-refractivity contribution in [1.82, 2.24) is 9.88 Å². The Labute approximate surface area is 142 Å². The van der Waals surface area contributed by atoms with Crippen molar-refractivity contribution in [2.45, 2.75) is 31.2 Å². The number of hydrogen-bond donors (Lipinski definition) is 1. The van der Waals surface area contributed by atoms with E-state index in [4.69, 9.17) is 5.73 Å². The Kier molecular flexibility index (Phi) is 4.86. The van der Waals surface area contributed by atoms with Gasteiger partial charge in [-0.2, -0.15) is 8.78 Å². The molecule has 1 aliphatic heterocycles. The number of alkyl halides is 4. The van der Waals surface area contributed by atoms with E-state index in [1.165, 1.54) is 18.3 Å². The molecule has 2 fully saturated rings. The summed E-state index contributed by atoms with van der Waals surface area (Å²) < 4.78 is 54.4. The fourth-order valence-corrected chi connectivity index (χ4v) is 3.48. The molecule has 3 rings (SSSR count). The maximum Gasteiger partial charge on any atom is 0.340 e. The van der Waals surface area contributed by atoms with Gasteiger partial charge in [0.15, 0.2) is 6.61 Å². The molecule has 9 heteroatoms. The highest BCUT2D eigenvalue weighted by atomic mass is 19.3. The van der Waals surface area contributed by atoms with Crippen molar-refractivity contribution in [2.75, 3.05) is 19.7 Å². The Balaban J connectivity index is 1.58. The summed E-state index contributed by atoms with van der Waals surface area (Å²) in [4.78, 5) is 18.0. The normalized spacial score (nSPS) is 26.2. The summed E-state index contributed by atoms with van der Waals surface area (Å²) in [5, 5.41) is 0. The van der Waals surface area contributed by atoms with Gasteiger partial charge in [0.1, 0.15) is 0 Å². The largest absolute Gasteiger partial charge is 0.471 e. The number of nitrogens with two attached hydrogens (primary N) is 1. The Morgan fingerprint density at radius 2 is 2.12 bits per heavy atom. The number of nitrogens with zero attached hydrogens (tertiary/aromatic N) is 2. The summed E-state index contributed by atoms with van der Waals surface area (Å²) in [6.07, 6.45) is -0.617. The lowest BCUT2D eigenvalue weighted by atomic mass is 9.98. The van der Waals surface area contributed by atoms with Gasteiger partial charge in [-0.05, 0) is 30.7 Å². The first-order valence-electron chi connectivity index (χ1n) is 8.07. The van der Waals surface area contributed by atoms with Crippen LogP contribution in [-0.2, 0) is 0 Å². The van der Waals surface area contributed by atoms with Crippen LogP contribution in [-0.4, -0.2) is 53.9 Å². The van der Waals surface area contributed by atoms with Gasteiger partial charge in [0.25, 0.3) is 5.91 Å². The summed E-state index contributed by atoms with van der Waals surface area (Å²) >= 11 is 0. The maximum atomic E-state index is 12.8. The lowest BCUT2D eigenvalue weighted by molar-refractivity contribution is -0.148. The molecule has 1 saturated heterocycles. The van der Waals surface area contributed by atoms with Crippen molar-refractivity contribution < 1.29 is 27.1 Å². The minimum absolute atomic E-state index is 0.119. The Bertz CT molecular complexity index is 626. The molecule has 0 aromatic carbocycles. The van der Waals surface area contributed by atoms with Crippen LogP contribution in [0.5, 0.6) is 5.88 Å². The highest BCUT2D eigenvalue weighted by Gasteiger charge is 2.43. The van der Waals surface area contributed by atoms with Gasteiger partial charge in [-0.25, -0.2) is 13.8 Å². The molecule has 0 radical (unpaired) electrons. The summed E-state index contributed by atoms with van der Waals surface area (Å²) in [6, 6.07) is 2.73. The molecule has 2 N–H and O–H groups in total. The fraction of sp³-hybridized carbons (Fsp3) is 0.625. The first-order chi connectivity index (χ1) is 11.8. The second kappa shape index (κ2) is 6.78. The summed E-state index contributed by atoms with van der Waals surface area (Å²) in [7, 11) is 0. The Hall–Kier alpha value is -1.90. The average Bonchev–Trinajstić information content (AvgIpc) is 3.15. The molecule has 2 heterocycles. The third kappa shape index (κ3) is 3.70. The summed E-state index contributed by atoms with van der Waals surface area (Å²) in [6.45, 7) is -0.224. The third-order valence-corrected chi connectivity index (χ3v) is 4.91. The molecule has 1 amide bonds. The lowest BCUT2D eigenvalue weighted by Gasteiger charge is -2.19. The van der Waals surface area contributed by atoms with Crippen LogP contribution in [0.15, 0.2) is 18.3 Å². The molecule has 1 aromatic rings. The van der Waals surface area contributed by atoms with E-state index in [-0.39, 0.29) is 17.8 Å². The van der Waals surface area contributed by atoms with Gasteiger partial charge < -0.3 is 15.4 Å². The Morgan fingerprint density at radius 1 is 1.36 bits per heavy atom. The molecular formula is C16H19F4N3O2. The minimum atomic E-state index is -4.25. The van der Waals surface area contributed by atoms with Gasteiger partial charge in [0, 0.05) is 31.4 Å². The van der Waals surface area contributed by atoms with Crippen LogP contribution in [0, 0.1) is 11.8 Å². The van der Waals surface area contributed by atoms with Gasteiger partial charge in [-0.15, -0.1) is 0 Å². The molecule has 25 heavy (non-hydrogen) atoms. The van der Waals surface area contributed by atoms with Crippen LogP contribution in [0.4, 0.5) is 17.6 Å². The zero-order valence-electron chi connectivity index (χ0n) is 13.4. The van der Waals surface area contributed by atoms with Crippen molar-refractivity contribution >= 4 is 5.91 Å². The number of ether oxygens (including phenoxy) is 1. The van der Waals surface area contributed by atoms with Crippen LogP contribution < -0.4 is 10.5 Å². The molecule has 5 nitrogen and oxygen atoms in total. The quantitative estimate of drug-likeness (QED) is 0.817. The number of pyridine rings is 1. The number of aromatic nitrogens is 1. The smallest absolute Gasteiger partial charge is 0.340 e. The zero-order valence-corrected chi connectivity index (χ0v) is 13.4. The summed E-state index contributed by atoms with van der Waals surface area (Å²) in [5.41, 5.74) is 6.34. The van der Waals surface area contributed by atoms with E-state index in [1.807, 2.05) is 0 Å². The number of rotatable bonds is 5. The van der Waals surface area contributed by atoms with Crippen LogP contribution in [0.3, 0.4) is 0 Å². The third-order valence-electron chi connectivity index (χ3n) is 4.91. The fourth-order valence-electron chi connectivity index (χ4n) is 3.48. The zero-order chi connectivity index (χ0) is 18.2. The number of amides is 1. The first-order valence-corrected chi connectivity index (χ1v) is 8.07. The van der Waals surface area contributed by atoms with Crippen LogP contribution in [0.25, 0.3) is 0 Å². The van der Waals surface area contributed by atoms with Crippen molar-refractivity contribution in [2.24, 2.45) is 17.6 Å². The molecular weight excluding hydrogens is 342 g/mol. The second-order valence-corrected chi connectivity index (χ2v) is 6.61. The molecule has 3 atom stereocenters. The number of hydrogen-bond acceptors (Lipinski definition) is 4. The molecule has 0 spiro atoms. The van der Waals surface area contributed by atoms with Gasteiger partial charge in [-0.3, -0.25) is 4.79 Å². The highest BCUT2D eigenvalue weighted by molar-refractivity contribution is 5.94. The van der Waals surface area contributed by atoms with Crippen molar-refractivity contribution in [1.29, 1.82) is 0 Å². The topological polar surface area (TPSA) is 68.5 Å². The monoisotopic (exact) mass is 361 g/mol. The van der Waals surface area contributed by atoms with E-state index in [1.54, 1.807) is 4.90 Å². The van der Waals surface area contributed by atoms with Gasteiger partial charge in [0.05, 0.1) is 5.56 Å². The van der Waals surface area contributed by atoms with Crippen LogP contribution >= 0.6 is 0 Å². The number of carbonyl (C=O) groups excluding carboxylic acids is 1. The van der Waals surface area contributed by atoms with E-state index >= 15 is 0 Å². The van der Waals surface area contributed by atoms with Crippen molar-refractivity contribution in [3.8, 4) is 5.88 Å². The van der Waals surface area contributed by atoms with Crippen LogP contribution in [0.1, 0.15) is 23.2 Å². The van der Waals surface area contributed by atoms with Crippen molar-refractivity contribution in [3.05, 3.63) is 23.9 Å².